The summed E-state index contributed by atoms with van der Waals surface area (Å²) in [7, 11) is 0. The van der Waals surface area contributed by atoms with Crippen LogP contribution < -0.4 is 5.73 Å². The van der Waals surface area contributed by atoms with Gasteiger partial charge >= 0.3 is 0 Å². The van der Waals surface area contributed by atoms with Gasteiger partial charge in [-0.25, -0.2) is 0 Å². The van der Waals surface area contributed by atoms with E-state index in [1.165, 1.54) is 11.5 Å². The van der Waals surface area contributed by atoms with Crippen LogP contribution in [0.3, 0.4) is 0 Å². The van der Waals surface area contributed by atoms with E-state index in [4.69, 9.17) is 5.73 Å². The number of nitrogens with two attached hydrogens (primary N) is 1. The highest BCUT2D eigenvalue weighted by Crippen LogP contribution is 2.60. The Balaban J connectivity index is 1.55. The summed E-state index contributed by atoms with van der Waals surface area (Å²) in [6, 6.07) is 0.425. The summed E-state index contributed by atoms with van der Waals surface area (Å²) in [6.45, 7) is 2.20. The number of hydrogen-bond donors (Lipinski definition) is 1. The molecule has 1 unspecified atom stereocenters. The number of hydrogen-bond acceptors (Lipinski definition) is 2. The molecular formula is C15H27NS. The molecule has 0 heterocycles. The first-order chi connectivity index (χ1) is 8.19. The summed E-state index contributed by atoms with van der Waals surface area (Å²) in [5, 5.41) is 0. The first-order valence-corrected chi connectivity index (χ1v) is 8.68. The Labute approximate surface area is 110 Å². The third-order valence-corrected chi connectivity index (χ3v) is 6.91. The average Bonchev–Trinajstić information content (AvgIpc) is 2.26. The summed E-state index contributed by atoms with van der Waals surface area (Å²) in [5.74, 6) is 5.88. The molecule has 4 bridgehead atoms. The van der Waals surface area contributed by atoms with Gasteiger partial charge in [-0.2, -0.15) is 11.8 Å². The van der Waals surface area contributed by atoms with Gasteiger partial charge in [0, 0.05) is 11.8 Å². The van der Waals surface area contributed by atoms with Crippen molar-refractivity contribution in [1.82, 2.24) is 0 Å². The van der Waals surface area contributed by atoms with Gasteiger partial charge in [-0.3, -0.25) is 0 Å². The summed E-state index contributed by atoms with van der Waals surface area (Å²) in [6.07, 6.45) is 10.5. The monoisotopic (exact) mass is 253 g/mol. The highest BCUT2D eigenvalue weighted by Gasteiger charge is 2.50. The molecule has 98 valence electrons. The molecule has 0 aromatic carbocycles. The molecule has 1 atom stereocenters. The fourth-order valence-corrected chi connectivity index (χ4v) is 6.45. The Kier molecular flexibility index (Phi) is 3.47. The topological polar surface area (TPSA) is 26.0 Å². The molecule has 4 aliphatic rings. The van der Waals surface area contributed by atoms with E-state index in [-0.39, 0.29) is 0 Å². The van der Waals surface area contributed by atoms with Crippen molar-refractivity contribution in [2.45, 2.75) is 57.9 Å². The van der Waals surface area contributed by atoms with E-state index in [2.05, 4.69) is 18.7 Å². The highest BCUT2D eigenvalue weighted by molar-refractivity contribution is 7.99. The molecule has 0 spiro atoms. The Morgan fingerprint density at radius 2 is 1.65 bits per heavy atom. The van der Waals surface area contributed by atoms with Crippen molar-refractivity contribution in [1.29, 1.82) is 0 Å². The molecule has 4 aliphatic carbocycles. The van der Waals surface area contributed by atoms with Gasteiger partial charge in [0.05, 0.1) is 0 Å². The van der Waals surface area contributed by atoms with Crippen LogP contribution in [0.2, 0.25) is 0 Å². The molecule has 0 amide bonds. The van der Waals surface area contributed by atoms with Gasteiger partial charge < -0.3 is 5.73 Å². The van der Waals surface area contributed by atoms with Crippen LogP contribution in [-0.4, -0.2) is 17.5 Å². The zero-order chi connectivity index (χ0) is 11.9. The van der Waals surface area contributed by atoms with Crippen LogP contribution in [0.5, 0.6) is 0 Å². The summed E-state index contributed by atoms with van der Waals surface area (Å²) in [4.78, 5) is 0. The molecule has 4 fully saturated rings. The van der Waals surface area contributed by atoms with Gasteiger partial charge in [0.1, 0.15) is 0 Å². The Bertz CT molecular complexity index is 241. The number of thioether (sulfide) groups is 1. The van der Waals surface area contributed by atoms with E-state index in [1.807, 2.05) is 0 Å². The van der Waals surface area contributed by atoms with E-state index < -0.39 is 0 Å². The lowest BCUT2D eigenvalue weighted by Gasteiger charge is -2.57. The first kappa shape index (κ1) is 12.3. The highest BCUT2D eigenvalue weighted by atomic mass is 32.2. The van der Waals surface area contributed by atoms with E-state index in [1.54, 1.807) is 38.5 Å². The van der Waals surface area contributed by atoms with Gasteiger partial charge in [0.15, 0.2) is 0 Å². The first-order valence-electron chi connectivity index (χ1n) is 7.52. The Hall–Kier alpha value is 0.310. The Morgan fingerprint density at radius 1 is 1.12 bits per heavy atom. The maximum Gasteiger partial charge on any atom is 0.0127 e. The van der Waals surface area contributed by atoms with Crippen molar-refractivity contribution in [2.24, 2.45) is 28.9 Å². The predicted molar refractivity (Wildman–Crippen MR) is 76.2 cm³/mol. The second-order valence-electron chi connectivity index (χ2n) is 7.10. The van der Waals surface area contributed by atoms with Crippen molar-refractivity contribution in [3.8, 4) is 0 Å². The summed E-state index contributed by atoms with van der Waals surface area (Å²) >= 11 is 2.15. The van der Waals surface area contributed by atoms with Crippen LogP contribution in [-0.2, 0) is 0 Å². The second kappa shape index (κ2) is 4.77. The maximum absolute atomic E-state index is 6.03. The van der Waals surface area contributed by atoms with Crippen molar-refractivity contribution in [3.63, 3.8) is 0 Å². The van der Waals surface area contributed by atoms with Crippen LogP contribution in [0.15, 0.2) is 0 Å². The molecule has 2 heteroatoms. The smallest absolute Gasteiger partial charge is 0.0127 e. The van der Waals surface area contributed by atoms with Crippen LogP contribution >= 0.6 is 11.8 Å². The Morgan fingerprint density at radius 3 is 2.12 bits per heavy atom. The average molecular weight is 253 g/mol. The quantitative estimate of drug-likeness (QED) is 0.809. The third kappa shape index (κ3) is 2.53. The molecular weight excluding hydrogens is 226 g/mol. The van der Waals surface area contributed by atoms with Gasteiger partial charge in [-0.15, -0.1) is 0 Å². The molecule has 4 rings (SSSR count). The van der Waals surface area contributed by atoms with Gasteiger partial charge in [-0.1, -0.05) is 6.92 Å². The van der Waals surface area contributed by atoms with Crippen LogP contribution in [0, 0.1) is 23.2 Å². The SMILES string of the molecule is CCC(N)CSCC12CC3CC(CC(C3)C1)C2. The lowest BCUT2D eigenvalue weighted by atomic mass is 9.50. The lowest BCUT2D eigenvalue weighted by Crippen LogP contribution is -2.47. The molecule has 1 nitrogen and oxygen atoms in total. The largest absolute Gasteiger partial charge is 0.327 e. The molecule has 0 aromatic rings. The van der Waals surface area contributed by atoms with Gasteiger partial charge in [-0.05, 0) is 73.9 Å². The molecule has 4 saturated carbocycles. The molecule has 2 N–H and O–H groups in total. The van der Waals surface area contributed by atoms with Crippen LogP contribution in [0.1, 0.15) is 51.9 Å². The molecule has 0 aliphatic heterocycles. The predicted octanol–water partition coefficient (Wildman–Crippen LogP) is 3.67. The van der Waals surface area contributed by atoms with Crippen molar-refractivity contribution in [3.05, 3.63) is 0 Å². The standard InChI is InChI=1S/C15H27NS/c1-2-14(16)9-17-10-15-6-11-3-12(7-15)5-13(4-11)8-15/h11-14H,2-10,16H2,1H3. The van der Waals surface area contributed by atoms with E-state index in [0.717, 1.165) is 29.6 Å². The number of rotatable bonds is 5. The summed E-state index contributed by atoms with van der Waals surface area (Å²) in [5.41, 5.74) is 6.77. The fourth-order valence-electron chi connectivity index (χ4n) is 5.01. The maximum atomic E-state index is 6.03. The molecule has 17 heavy (non-hydrogen) atoms. The molecule has 0 saturated heterocycles. The van der Waals surface area contributed by atoms with Gasteiger partial charge in [0.2, 0.25) is 0 Å². The normalized spacial score (nSPS) is 45.2. The zero-order valence-electron chi connectivity index (χ0n) is 11.2. The van der Waals surface area contributed by atoms with Crippen LogP contribution in [0.25, 0.3) is 0 Å². The third-order valence-electron chi connectivity index (χ3n) is 5.43. The van der Waals surface area contributed by atoms with Crippen molar-refractivity contribution < 1.29 is 0 Å². The van der Waals surface area contributed by atoms with E-state index in [0.29, 0.717) is 6.04 Å². The molecule has 0 aromatic heterocycles. The lowest BCUT2D eigenvalue weighted by molar-refractivity contribution is -0.0381. The van der Waals surface area contributed by atoms with E-state index >= 15 is 0 Å². The van der Waals surface area contributed by atoms with Crippen molar-refractivity contribution >= 4 is 11.8 Å². The molecule has 0 radical (unpaired) electrons. The minimum Gasteiger partial charge on any atom is -0.327 e. The van der Waals surface area contributed by atoms with Gasteiger partial charge in [0.25, 0.3) is 0 Å². The zero-order valence-corrected chi connectivity index (χ0v) is 12.0. The minimum atomic E-state index is 0.425. The summed E-state index contributed by atoms with van der Waals surface area (Å²) < 4.78 is 0. The minimum absolute atomic E-state index is 0.425. The fraction of sp³-hybridized carbons (Fsp3) is 1.00. The van der Waals surface area contributed by atoms with Crippen LogP contribution in [0.4, 0.5) is 0 Å². The van der Waals surface area contributed by atoms with Crippen molar-refractivity contribution in [2.75, 3.05) is 11.5 Å². The van der Waals surface area contributed by atoms with E-state index in [9.17, 15) is 0 Å². The second-order valence-corrected chi connectivity index (χ2v) is 8.13.